The first kappa shape index (κ1) is 17.6. The standard InChI is InChI=1S/C15H17NO4.HNO3/c17-12-8-11-14(15(19)16-12)10(7-13(18)20-11)6-5-9-3-1-2-4-9;2-1(3)4/h7,9H,1-6,8H2,(H,16,17,19);(H,2,3,4). The Kier molecular flexibility index (Phi) is 5.67. The van der Waals surface area contributed by atoms with E-state index in [9.17, 15) is 14.4 Å². The number of imide groups is 1. The summed E-state index contributed by atoms with van der Waals surface area (Å²) in [5.41, 5.74) is 0.628. The van der Waals surface area contributed by atoms with Gasteiger partial charge in [0.15, 0.2) is 0 Å². The molecule has 1 aliphatic carbocycles. The van der Waals surface area contributed by atoms with Crippen molar-refractivity contribution < 1.29 is 24.3 Å². The maximum Gasteiger partial charge on any atom is 0.336 e. The van der Waals surface area contributed by atoms with Crippen LogP contribution < -0.4 is 10.9 Å². The van der Waals surface area contributed by atoms with Crippen LogP contribution >= 0.6 is 0 Å². The fraction of sp³-hybridized carbons (Fsp3) is 0.533. The van der Waals surface area contributed by atoms with E-state index in [0.717, 1.165) is 6.42 Å². The zero-order chi connectivity index (χ0) is 17.7. The molecule has 0 spiro atoms. The minimum atomic E-state index is -1.50. The van der Waals surface area contributed by atoms with Crippen LogP contribution in [-0.4, -0.2) is 22.1 Å². The van der Waals surface area contributed by atoms with Crippen LogP contribution in [0.4, 0.5) is 0 Å². The minimum absolute atomic E-state index is 0.0341. The monoisotopic (exact) mass is 338 g/mol. The number of nitrogens with zero attached hydrogens (tertiary/aromatic N) is 1. The lowest BCUT2D eigenvalue weighted by Crippen LogP contribution is -2.38. The zero-order valence-electron chi connectivity index (χ0n) is 12.9. The molecule has 0 saturated heterocycles. The van der Waals surface area contributed by atoms with Gasteiger partial charge >= 0.3 is 5.63 Å². The Labute approximate surface area is 136 Å². The number of aryl methyl sites for hydroxylation is 1. The molecule has 24 heavy (non-hydrogen) atoms. The fourth-order valence-electron chi connectivity index (χ4n) is 3.23. The highest BCUT2D eigenvalue weighted by molar-refractivity contribution is 6.09. The van der Waals surface area contributed by atoms with Crippen molar-refractivity contribution in [3.05, 3.63) is 43.5 Å². The highest BCUT2D eigenvalue weighted by Crippen LogP contribution is 2.29. The predicted molar refractivity (Wildman–Crippen MR) is 80.2 cm³/mol. The Morgan fingerprint density at radius 2 is 1.92 bits per heavy atom. The van der Waals surface area contributed by atoms with Crippen LogP contribution in [0.3, 0.4) is 0 Å². The summed E-state index contributed by atoms with van der Waals surface area (Å²) in [4.78, 5) is 43.2. The number of nitrogens with one attached hydrogen (secondary N) is 1. The van der Waals surface area contributed by atoms with Gasteiger partial charge in [0.2, 0.25) is 5.91 Å². The van der Waals surface area contributed by atoms with Crippen LogP contribution in [0.1, 0.15) is 53.8 Å². The van der Waals surface area contributed by atoms with Crippen LogP contribution in [0, 0.1) is 16.0 Å². The second kappa shape index (κ2) is 7.71. The summed E-state index contributed by atoms with van der Waals surface area (Å²) in [5.74, 6) is 0.0406. The highest BCUT2D eigenvalue weighted by Gasteiger charge is 2.28. The minimum Gasteiger partial charge on any atom is -0.426 e. The number of hydrogen-bond donors (Lipinski definition) is 2. The first-order valence-corrected chi connectivity index (χ1v) is 7.70. The molecule has 2 aliphatic rings. The van der Waals surface area contributed by atoms with E-state index >= 15 is 0 Å². The normalized spacial score (nSPS) is 16.8. The van der Waals surface area contributed by atoms with Gasteiger partial charge in [-0.3, -0.25) is 14.9 Å². The van der Waals surface area contributed by atoms with Crippen LogP contribution in [0.2, 0.25) is 0 Å². The molecule has 1 fully saturated rings. The summed E-state index contributed by atoms with van der Waals surface area (Å²) < 4.78 is 5.02. The summed E-state index contributed by atoms with van der Waals surface area (Å²) in [7, 11) is 0. The van der Waals surface area contributed by atoms with Gasteiger partial charge in [-0.1, -0.05) is 25.7 Å². The van der Waals surface area contributed by atoms with Gasteiger partial charge in [0.25, 0.3) is 11.0 Å². The maximum absolute atomic E-state index is 11.9. The predicted octanol–water partition coefficient (Wildman–Crippen LogP) is 1.23. The average molecular weight is 338 g/mol. The lowest BCUT2D eigenvalue weighted by atomic mass is 9.94. The molecule has 1 aromatic heterocycles. The van der Waals surface area contributed by atoms with Gasteiger partial charge in [0.05, 0.1) is 12.0 Å². The Bertz CT molecular complexity index is 700. The van der Waals surface area contributed by atoms with Crippen molar-refractivity contribution in [1.29, 1.82) is 0 Å². The van der Waals surface area contributed by atoms with Crippen molar-refractivity contribution in [2.45, 2.75) is 44.9 Å². The summed E-state index contributed by atoms with van der Waals surface area (Å²) >= 11 is 0. The molecule has 0 aromatic carbocycles. The first-order valence-electron chi connectivity index (χ1n) is 7.70. The molecule has 1 aromatic rings. The number of carbonyl (C=O) groups is 2. The van der Waals surface area contributed by atoms with E-state index in [-0.39, 0.29) is 12.2 Å². The molecule has 130 valence electrons. The summed E-state index contributed by atoms with van der Waals surface area (Å²) in [6.45, 7) is 0. The third-order valence-corrected chi connectivity index (χ3v) is 4.21. The van der Waals surface area contributed by atoms with Crippen molar-refractivity contribution in [3.63, 3.8) is 0 Å². The van der Waals surface area contributed by atoms with Gasteiger partial charge in [-0.05, 0) is 24.3 Å². The van der Waals surface area contributed by atoms with Gasteiger partial charge in [0, 0.05) is 6.07 Å². The van der Waals surface area contributed by atoms with Crippen molar-refractivity contribution in [2.75, 3.05) is 0 Å². The Balaban J connectivity index is 0.000000471. The van der Waals surface area contributed by atoms with Crippen molar-refractivity contribution >= 4 is 11.8 Å². The van der Waals surface area contributed by atoms with Crippen molar-refractivity contribution in [2.24, 2.45) is 5.92 Å². The van der Waals surface area contributed by atoms with E-state index in [1.54, 1.807) is 0 Å². The second-order valence-electron chi connectivity index (χ2n) is 5.87. The quantitative estimate of drug-likeness (QED) is 0.480. The van der Waals surface area contributed by atoms with E-state index in [1.165, 1.54) is 31.7 Å². The Morgan fingerprint density at radius 1 is 1.29 bits per heavy atom. The molecule has 3 rings (SSSR count). The maximum atomic E-state index is 11.9. The van der Waals surface area contributed by atoms with Gasteiger partial charge in [-0.15, -0.1) is 10.1 Å². The number of carbonyl (C=O) groups excluding carboxylic acids is 2. The molecule has 2 amide bonds. The second-order valence-corrected chi connectivity index (χ2v) is 5.87. The lowest BCUT2D eigenvalue weighted by molar-refractivity contribution is -0.742. The van der Waals surface area contributed by atoms with Crippen molar-refractivity contribution in [3.8, 4) is 0 Å². The molecule has 0 radical (unpaired) electrons. The van der Waals surface area contributed by atoms with E-state index in [0.29, 0.717) is 23.5 Å². The van der Waals surface area contributed by atoms with E-state index in [2.05, 4.69) is 5.32 Å². The Hall–Kier alpha value is -2.71. The third-order valence-electron chi connectivity index (χ3n) is 4.21. The molecule has 1 saturated carbocycles. The molecular formula is C15H18N2O7. The van der Waals surface area contributed by atoms with Crippen LogP contribution in [-0.2, 0) is 17.6 Å². The van der Waals surface area contributed by atoms with Crippen molar-refractivity contribution in [1.82, 2.24) is 5.32 Å². The fourth-order valence-corrected chi connectivity index (χ4v) is 3.23. The van der Waals surface area contributed by atoms with Gasteiger partial charge in [-0.25, -0.2) is 4.79 Å². The number of amides is 2. The number of hydrogen-bond acceptors (Lipinski definition) is 6. The topological polar surface area (TPSA) is 140 Å². The molecule has 0 atom stereocenters. The molecule has 9 nitrogen and oxygen atoms in total. The van der Waals surface area contributed by atoms with Gasteiger partial charge in [-0.2, -0.15) is 0 Å². The molecule has 0 bridgehead atoms. The van der Waals surface area contributed by atoms with Gasteiger partial charge < -0.3 is 9.62 Å². The molecule has 2 N–H and O–H groups in total. The van der Waals surface area contributed by atoms with Gasteiger partial charge in [0.1, 0.15) is 5.76 Å². The smallest absolute Gasteiger partial charge is 0.336 e. The number of fused-ring (bicyclic) bond motifs is 1. The largest absolute Gasteiger partial charge is 0.426 e. The molecule has 1 aliphatic heterocycles. The average Bonchev–Trinajstić information content (AvgIpc) is 2.96. The lowest BCUT2D eigenvalue weighted by Gasteiger charge is -2.17. The zero-order valence-corrected chi connectivity index (χ0v) is 12.9. The molecule has 0 unspecified atom stereocenters. The van der Waals surface area contributed by atoms with Crippen LogP contribution in [0.15, 0.2) is 15.3 Å². The summed E-state index contributed by atoms with van der Waals surface area (Å²) in [5, 5.41) is 15.9. The number of rotatable bonds is 3. The Morgan fingerprint density at radius 3 is 2.54 bits per heavy atom. The van der Waals surface area contributed by atoms with Crippen LogP contribution in [0.25, 0.3) is 0 Å². The molecular weight excluding hydrogens is 320 g/mol. The first-order chi connectivity index (χ1) is 11.4. The summed E-state index contributed by atoms with van der Waals surface area (Å²) in [6.07, 6.45) is 6.65. The van der Waals surface area contributed by atoms with E-state index in [1.807, 2.05) is 0 Å². The van der Waals surface area contributed by atoms with E-state index in [4.69, 9.17) is 19.7 Å². The van der Waals surface area contributed by atoms with Crippen LogP contribution in [0.5, 0.6) is 0 Å². The molecule has 2 heterocycles. The van der Waals surface area contributed by atoms with E-state index < -0.39 is 22.5 Å². The molecule has 9 heteroatoms. The third kappa shape index (κ3) is 4.64. The SMILES string of the molecule is O=C1Cc2oc(=O)cc(CCC3CCCC3)c2C(=O)N1.O=[N+]([O-])O. The summed E-state index contributed by atoms with van der Waals surface area (Å²) in [6, 6.07) is 1.39. The highest BCUT2D eigenvalue weighted by atomic mass is 16.9.